The number of ether oxygens (including phenoxy) is 1. The summed E-state index contributed by atoms with van der Waals surface area (Å²) in [6.07, 6.45) is 2.37. The molecule has 2 heterocycles. The predicted octanol–water partition coefficient (Wildman–Crippen LogP) is 3.59. The van der Waals surface area contributed by atoms with E-state index < -0.39 is 0 Å². The summed E-state index contributed by atoms with van der Waals surface area (Å²) in [5.41, 5.74) is 1.48. The Kier molecular flexibility index (Phi) is 4.83. The van der Waals surface area contributed by atoms with E-state index in [4.69, 9.17) is 20.8 Å². The molecule has 1 unspecified atom stereocenters. The van der Waals surface area contributed by atoms with Gasteiger partial charge in [0.15, 0.2) is 0 Å². The van der Waals surface area contributed by atoms with E-state index in [1.54, 1.807) is 38.6 Å². The second-order valence-electron chi connectivity index (χ2n) is 6.25. The van der Waals surface area contributed by atoms with Gasteiger partial charge in [-0.1, -0.05) is 17.7 Å². The Labute approximate surface area is 146 Å². The fourth-order valence-corrected chi connectivity index (χ4v) is 3.12. The van der Waals surface area contributed by atoms with Crippen molar-refractivity contribution in [1.82, 2.24) is 9.80 Å². The van der Waals surface area contributed by atoms with Crippen molar-refractivity contribution >= 4 is 17.5 Å². The number of nitrogens with zero attached hydrogens (tertiary/aromatic N) is 2. The zero-order valence-electron chi connectivity index (χ0n) is 14.1. The number of halogens is 1. The second-order valence-corrected chi connectivity index (χ2v) is 6.63. The standard InChI is InChI=1S/C18H21ClN2O3/c1-20(2)18(22)13-5-4-6-15(17(13)19)24-14-7-9-21(3)11-16-12(14)8-10-23-16/h4-6,8,10,14H,7,9,11H2,1-3H3. The van der Waals surface area contributed by atoms with Crippen LogP contribution in [-0.2, 0) is 6.54 Å². The van der Waals surface area contributed by atoms with Crippen molar-refractivity contribution in [2.24, 2.45) is 0 Å². The van der Waals surface area contributed by atoms with Gasteiger partial charge in [-0.25, -0.2) is 0 Å². The highest BCUT2D eigenvalue weighted by molar-refractivity contribution is 6.35. The highest BCUT2D eigenvalue weighted by atomic mass is 35.5. The molecule has 1 aromatic carbocycles. The zero-order valence-corrected chi connectivity index (χ0v) is 14.8. The lowest BCUT2D eigenvalue weighted by Crippen LogP contribution is -2.22. The van der Waals surface area contributed by atoms with Gasteiger partial charge in [0.25, 0.3) is 5.91 Å². The molecular formula is C18H21ClN2O3. The van der Waals surface area contributed by atoms with Gasteiger partial charge in [0.2, 0.25) is 0 Å². The quantitative estimate of drug-likeness (QED) is 0.850. The van der Waals surface area contributed by atoms with Crippen molar-refractivity contribution in [3.8, 4) is 5.75 Å². The lowest BCUT2D eigenvalue weighted by atomic mass is 10.1. The molecule has 0 fully saturated rings. The molecule has 0 saturated heterocycles. The molecule has 1 atom stereocenters. The minimum atomic E-state index is -0.147. The number of carbonyl (C=O) groups is 1. The van der Waals surface area contributed by atoms with E-state index in [9.17, 15) is 4.79 Å². The lowest BCUT2D eigenvalue weighted by Gasteiger charge is -2.20. The predicted molar refractivity (Wildman–Crippen MR) is 92.5 cm³/mol. The number of hydrogen-bond donors (Lipinski definition) is 0. The fraction of sp³-hybridized carbons (Fsp3) is 0.389. The smallest absolute Gasteiger partial charge is 0.254 e. The van der Waals surface area contributed by atoms with E-state index in [2.05, 4.69) is 11.9 Å². The summed E-state index contributed by atoms with van der Waals surface area (Å²) in [6, 6.07) is 7.24. The summed E-state index contributed by atoms with van der Waals surface area (Å²) in [7, 11) is 5.45. The molecule has 1 aliphatic heterocycles. The number of benzene rings is 1. The molecule has 128 valence electrons. The molecule has 0 N–H and O–H groups in total. The zero-order chi connectivity index (χ0) is 17.3. The van der Waals surface area contributed by atoms with Crippen LogP contribution in [0.1, 0.15) is 34.2 Å². The van der Waals surface area contributed by atoms with Gasteiger partial charge < -0.3 is 14.1 Å². The molecule has 1 amide bonds. The van der Waals surface area contributed by atoms with Crippen molar-refractivity contribution in [2.45, 2.75) is 19.1 Å². The number of furan rings is 1. The van der Waals surface area contributed by atoms with Gasteiger partial charge in [0, 0.05) is 32.6 Å². The number of fused-ring (bicyclic) bond motifs is 1. The van der Waals surface area contributed by atoms with Crippen LogP contribution in [0, 0.1) is 0 Å². The van der Waals surface area contributed by atoms with E-state index in [1.807, 2.05) is 6.07 Å². The van der Waals surface area contributed by atoms with Gasteiger partial charge in [0.05, 0.1) is 23.4 Å². The van der Waals surface area contributed by atoms with Crippen molar-refractivity contribution < 1.29 is 13.9 Å². The Balaban J connectivity index is 1.90. The molecule has 0 saturated carbocycles. The third-order valence-electron chi connectivity index (χ3n) is 4.18. The topological polar surface area (TPSA) is 45.9 Å². The molecule has 0 bridgehead atoms. The molecule has 1 aromatic heterocycles. The van der Waals surface area contributed by atoms with Crippen LogP contribution in [-0.4, -0.2) is 43.4 Å². The maximum Gasteiger partial charge on any atom is 0.254 e. The normalized spacial score (nSPS) is 17.9. The van der Waals surface area contributed by atoms with E-state index in [-0.39, 0.29) is 12.0 Å². The Morgan fingerprint density at radius 2 is 2.17 bits per heavy atom. The Hall–Kier alpha value is -1.98. The molecule has 24 heavy (non-hydrogen) atoms. The van der Waals surface area contributed by atoms with Crippen LogP contribution in [0.5, 0.6) is 5.75 Å². The van der Waals surface area contributed by atoms with Gasteiger partial charge in [-0.15, -0.1) is 0 Å². The lowest BCUT2D eigenvalue weighted by molar-refractivity contribution is 0.0827. The first-order valence-corrected chi connectivity index (χ1v) is 8.26. The summed E-state index contributed by atoms with van der Waals surface area (Å²) in [5.74, 6) is 1.29. The van der Waals surface area contributed by atoms with Gasteiger partial charge in [-0.2, -0.15) is 0 Å². The van der Waals surface area contributed by atoms with Crippen LogP contribution in [0.4, 0.5) is 0 Å². The van der Waals surface area contributed by atoms with Crippen LogP contribution >= 0.6 is 11.6 Å². The number of hydrogen-bond acceptors (Lipinski definition) is 4. The molecule has 3 rings (SSSR count). The number of amides is 1. The molecule has 5 nitrogen and oxygen atoms in total. The minimum Gasteiger partial charge on any atom is -0.484 e. The SMILES string of the molecule is CN1CCC(Oc2cccc(C(=O)N(C)C)c2Cl)c2ccoc2C1. The number of rotatable bonds is 3. The van der Waals surface area contributed by atoms with Gasteiger partial charge >= 0.3 is 0 Å². The van der Waals surface area contributed by atoms with Crippen LogP contribution in [0.25, 0.3) is 0 Å². The maximum absolute atomic E-state index is 12.2. The van der Waals surface area contributed by atoms with Crippen LogP contribution in [0.3, 0.4) is 0 Å². The fourth-order valence-electron chi connectivity index (χ4n) is 2.87. The molecule has 6 heteroatoms. The molecule has 0 spiro atoms. The summed E-state index contributed by atoms with van der Waals surface area (Å²) in [4.78, 5) is 15.9. The van der Waals surface area contributed by atoms with E-state index in [1.165, 1.54) is 4.90 Å². The molecule has 1 aliphatic rings. The summed E-state index contributed by atoms with van der Waals surface area (Å²) in [6.45, 7) is 1.65. The number of carbonyl (C=O) groups excluding carboxylic acids is 1. The molecule has 0 aliphatic carbocycles. The van der Waals surface area contributed by atoms with Gasteiger partial charge in [-0.3, -0.25) is 9.69 Å². The van der Waals surface area contributed by atoms with Crippen molar-refractivity contribution in [1.29, 1.82) is 0 Å². The third kappa shape index (κ3) is 3.28. The second kappa shape index (κ2) is 6.87. The Morgan fingerprint density at radius 3 is 2.92 bits per heavy atom. The first-order chi connectivity index (χ1) is 11.5. The van der Waals surface area contributed by atoms with Gasteiger partial charge in [-0.05, 0) is 25.2 Å². The molecule has 2 aromatic rings. The Bertz CT molecular complexity index is 742. The Morgan fingerprint density at radius 1 is 1.38 bits per heavy atom. The van der Waals surface area contributed by atoms with Crippen LogP contribution in [0.15, 0.2) is 34.9 Å². The van der Waals surface area contributed by atoms with Crippen molar-refractivity contribution in [3.05, 3.63) is 52.4 Å². The van der Waals surface area contributed by atoms with E-state index >= 15 is 0 Å². The van der Waals surface area contributed by atoms with Crippen molar-refractivity contribution in [3.63, 3.8) is 0 Å². The highest BCUT2D eigenvalue weighted by Crippen LogP contribution is 2.36. The average molecular weight is 349 g/mol. The maximum atomic E-state index is 12.2. The van der Waals surface area contributed by atoms with Crippen molar-refractivity contribution in [2.75, 3.05) is 27.7 Å². The highest BCUT2D eigenvalue weighted by Gasteiger charge is 2.26. The molecular weight excluding hydrogens is 328 g/mol. The third-order valence-corrected chi connectivity index (χ3v) is 4.57. The average Bonchev–Trinajstić information content (AvgIpc) is 2.94. The monoisotopic (exact) mass is 348 g/mol. The van der Waals surface area contributed by atoms with Gasteiger partial charge in [0.1, 0.15) is 17.6 Å². The molecule has 0 radical (unpaired) electrons. The summed E-state index contributed by atoms with van der Waals surface area (Å²) in [5, 5.41) is 0.346. The minimum absolute atomic E-state index is 0.143. The summed E-state index contributed by atoms with van der Waals surface area (Å²) >= 11 is 6.43. The summed E-state index contributed by atoms with van der Waals surface area (Å²) < 4.78 is 11.8. The first-order valence-electron chi connectivity index (χ1n) is 7.89. The van der Waals surface area contributed by atoms with Crippen LogP contribution in [0.2, 0.25) is 5.02 Å². The largest absolute Gasteiger partial charge is 0.484 e. The van der Waals surface area contributed by atoms with Crippen LogP contribution < -0.4 is 4.74 Å². The van der Waals surface area contributed by atoms with E-state index in [0.717, 1.165) is 30.8 Å². The first kappa shape index (κ1) is 16.9. The van der Waals surface area contributed by atoms with E-state index in [0.29, 0.717) is 16.3 Å².